The summed E-state index contributed by atoms with van der Waals surface area (Å²) in [6, 6.07) is 7.47. The molecular weight excluding hydrogens is 286 g/mol. The van der Waals surface area contributed by atoms with E-state index in [9.17, 15) is 8.42 Å². The van der Waals surface area contributed by atoms with Crippen LogP contribution < -0.4 is 5.73 Å². The topological polar surface area (TPSA) is 66.6 Å². The molecule has 0 spiro atoms. The molecule has 2 rings (SSSR count). The smallest absolute Gasteiger partial charge is 0.218 e. The van der Waals surface area contributed by atoms with E-state index in [4.69, 9.17) is 5.73 Å². The highest BCUT2D eigenvalue weighted by Crippen LogP contribution is 2.15. The third-order valence-corrected chi connectivity index (χ3v) is 5.89. The summed E-state index contributed by atoms with van der Waals surface area (Å²) >= 11 is 0. The zero-order valence-electron chi connectivity index (χ0n) is 12.7. The zero-order chi connectivity index (χ0) is 15.3. The third kappa shape index (κ3) is 4.51. The van der Waals surface area contributed by atoms with Gasteiger partial charge in [0.05, 0.1) is 5.75 Å². The van der Waals surface area contributed by atoms with Crippen LogP contribution in [-0.4, -0.2) is 50.8 Å². The highest BCUT2D eigenvalue weighted by Gasteiger charge is 2.21. The summed E-state index contributed by atoms with van der Waals surface area (Å²) in [5.41, 5.74) is 7.37. The van der Waals surface area contributed by atoms with Crippen LogP contribution in [0.4, 0.5) is 0 Å². The highest BCUT2D eigenvalue weighted by atomic mass is 32.2. The van der Waals surface area contributed by atoms with Crippen molar-refractivity contribution >= 4 is 10.0 Å². The van der Waals surface area contributed by atoms with Crippen molar-refractivity contribution in [3.05, 3.63) is 35.4 Å². The molecule has 6 heteroatoms. The minimum atomic E-state index is -3.29. The first-order valence-corrected chi connectivity index (χ1v) is 9.07. The molecule has 0 bridgehead atoms. The Morgan fingerprint density at radius 1 is 1.19 bits per heavy atom. The van der Waals surface area contributed by atoms with Gasteiger partial charge in [-0.3, -0.25) is 0 Å². The third-order valence-electron chi connectivity index (χ3n) is 4.08. The Hall–Kier alpha value is -0.950. The number of benzene rings is 1. The SMILES string of the molecule is CN(CCN1CCCC1)S(=O)(=O)Cc1ccccc1CN. The standard InChI is InChI=1S/C15H25N3O2S/c1-17(10-11-18-8-4-5-9-18)21(19,20)13-15-7-3-2-6-14(15)12-16/h2-3,6-7H,4-5,8-13,16H2,1H3. The summed E-state index contributed by atoms with van der Waals surface area (Å²) in [7, 11) is -1.62. The highest BCUT2D eigenvalue weighted by molar-refractivity contribution is 7.88. The Kier molecular flexibility index (Phi) is 5.75. The number of sulfonamides is 1. The monoisotopic (exact) mass is 311 g/mol. The fourth-order valence-electron chi connectivity index (χ4n) is 2.63. The van der Waals surface area contributed by atoms with Gasteiger partial charge in [-0.1, -0.05) is 24.3 Å². The average Bonchev–Trinajstić information content (AvgIpc) is 2.98. The molecule has 1 aromatic rings. The van der Waals surface area contributed by atoms with E-state index in [1.54, 1.807) is 7.05 Å². The number of hydrogen-bond acceptors (Lipinski definition) is 4. The first-order chi connectivity index (χ1) is 10.0. The van der Waals surface area contributed by atoms with Gasteiger partial charge >= 0.3 is 0 Å². The molecule has 1 heterocycles. The molecule has 0 atom stereocenters. The van der Waals surface area contributed by atoms with Crippen LogP contribution in [0, 0.1) is 0 Å². The summed E-state index contributed by atoms with van der Waals surface area (Å²) in [5, 5.41) is 0. The van der Waals surface area contributed by atoms with Gasteiger partial charge in [0.15, 0.2) is 0 Å². The second-order valence-electron chi connectivity index (χ2n) is 5.60. The summed E-state index contributed by atoms with van der Waals surface area (Å²) in [4.78, 5) is 2.32. The summed E-state index contributed by atoms with van der Waals surface area (Å²) in [6.45, 7) is 3.90. The molecular formula is C15H25N3O2S. The molecule has 1 fully saturated rings. The van der Waals surface area contributed by atoms with Crippen LogP contribution in [0.3, 0.4) is 0 Å². The number of nitrogens with zero attached hydrogens (tertiary/aromatic N) is 2. The van der Waals surface area contributed by atoms with Gasteiger partial charge in [0.2, 0.25) is 10.0 Å². The van der Waals surface area contributed by atoms with Gasteiger partial charge in [-0.2, -0.15) is 0 Å². The first-order valence-electron chi connectivity index (χ1n) is 7.46. The molecule has 1 aliphatic rings. The van der Waals surface area contributed by atoms with E-state index in [1.807, 2.05) is 24.3 Å². The molecule has 0 saturated carbocycles. The lowest BCUT2D eigenvalue weighted by Gasteiger charge is -2.21. The van der Waals surface area contributed by atoms with Crippen molar-refractivity contribution in [2.75, 3.05) is 33.2 Å². The van der Waals surface area contributed by atoms with E-state index in [2.05, 4.69) is 4.90 Å². The van der Waals surface area contributed by atoms with Crippen molar-refractivity contribution in [2.45, 2.75) is 25.1 Å². The van der Waals surface area contributed by atoms with E-state index in [1.165, 1.54) is 17.1 Å². The van der Waals surface area contributed by atoms with Gasteiger partial charge in [-0.05, 0) is 37.1 Å². The van der Waals surface area contributed by atoms with Crippen molar-refractivity contribution in [3.63, 3.8) is 0 Å². The lowest BCUT2D eigenvalue weighted by Crippen LogP contribution is -2.36. The van der Waals surface area contributed by atoms with Crippen LogP contribution in [-0.2, 0) is 22.3 Å². The first kappa shape index (κ1) is 16.4. The lowest BCUT2D eigenvalue weighted by atomic mass is 10.1. The fourth-order valence-corrected chi connectivity index (χ4v) is 3.89. The molecule has 0 amide bonds. The molecule has 0 aromatic heterocycles. The maximum absolute atomic E-state index is 12.4. The van der Waals surface area contributed by atoms with Gasteiger partial charge < -0.3 is 10.6 Å². The molecule has 0 radical (unpaired) electrons. The maximum Gasteiger partial charge on any atom is 0.218 e. The van der Waals surface area contributed by atoms with Crippen LogP contribution in [0.2, 0.25) is 0 Å². The molecule has 0 aliphatic carbocycles. The number of rotatable bonds is 7. The Labute approximate surface area is 127 Å². The fraction of sp³-hybridized carbons (Fsp3) is 0.600. The summed E-state index contributed by atoms with van der Waals surface area (Å²) in [5.74, 6) is 0.0247. The van der Waals surface area contributed by atoms with Gasteiger partial charge in [0, 0.05) is 26.7 Å². The maximum atomic E-state index is 12.4. The molecule has 1 aromatic carbocycles. The van der Waals surface area contributed by atoms with Crippen LogP contribution in [0.25, 0.3) is 0 Å². The van der Waals surface area contributed by atoms with E-state index >= 15 is 0 Å². The van der Waals surface area contributed by atoms with Crippen LogP contribution in [0.5, 0.6) is 0 Å². The normalized spacial score (nSPS) is 16.7. The second-order valence-corrected chi connectivity index (χ2v) is 7.68. The Bertz CT molecular complexity index is 554. The number of nitrogens with two attached hydrogens (primary N) is 1. The van der Waals surface area contributed by atoms with Crippen molar-refractivity contribution in [2.24, 2.45) is 5.73 Å². The predicted octanol–water partition coefficient (Wildman–Crippen LogP) is 1.00. The molecule has 118 valence electrons. The van der Waals surface area contributed by atoms with Gasteiger partial charge in [-0.15, -0.1) is 0 Å². The van der Waals surface area contributed by atoms with Crippen molar-refractivity contribution in [3.8, 4) is 0 Å². The molecule has 0 unspecified atom stereocenters. The second kappa shape index (κ2) is 7.35. The van der Waals surface area contributed by atoms with E-state index in [0.717, 1.165) is 30.8 Å². The molecule has 1 saturated heterocycles. The van der Waals surface area contributed by atoms with E-state index < -0.39 is 10.0 Å². The van der Waals surface area contributed by atoms with Crippen LogP contribution >= 0.6 is 0 Å². The average molecular weight is 311 g/mol. The number of likely N-dealkylation sites (tertiary alicyclic amines) is 1. The van der Waals surface area contributed by atoms with Gasteiger partial charge in [0.25, 0.3) is 0 Å². The molecule has 5 nitrogen and oxygen atoms in total. The molecule has 21 heavy (non-hydrogen) atoms. The largest absolute Gasteiger partial charge is 0.326 e. The Morgan fingerprint density at radius 2 is 1.81 bits per heavy atom. The van der Waals surface area contributed by atoms with Crippen molar-refractivity contribution in [1.82, 2.24) is 9.21 Å². The van der Waals surface area contributed by atoms with Crippen molar-refractivity contribution < 1.29 is 8.42 Å². The van der Waals surface area contributed by atoms with Gasteiger partial charge in [0.1, 0.15) is 0 Å². The number of likely N-dealkylation sites (N-methyl/N-ethyl adjacent to an activating group) is 1. The predicted molar refractivity (Wildman–Crippen MR) is 85.3 cm³/mol. The zero-order valence-corrected chi connectivity index (χ0v) is 13.5. The van der Waals surface area contributed by atoms with Crippen molar-refractivity contribution in [1.29, 1.82) is 0 Å². The summed E-state index contributed by atoms with van der Waals surface area (Å²) in [6.07, 6.45) is 2.45. The quantitative estimate of drug-likeness (QED) is 0.816. The minimum Gasteiger partial charge on any atom is -0.326 e. The van der Waals surface area contributed by atoms with E-state index in [-0.39, 0.29) is 5.75 Å². The minimum absolute atomic E-state index is 0.0247. The molecule has 2 N–H and O–H groups in total. The molecule has 1 aliphatic heterocycles. The van der Waals surface area contributed by atoms with E-state index in [0.29, 0.717) is 13.1 Å². The van der Waals surface area contributed by atoms with Crippen LogP contribution in [0.15, 0.2) is 24.3 Å². The van der Waals surface area contributed by atoms with Crippen LogP contribution in [0.1, 0.15) is 24.0 Å². The Balaban J connectivity index is 1.96. The van der Waals surface area contributed by atoms with Gasteiger partial charge in [-0.25, -0.2) is 12.7 Å². The lowest BCUT2D eigenvalue weighted by molar-refractivity contribution is 0.310. The number of hydrogen-bond donors (Lipinski definition) is 1. The Morgan fingerprint density at radius 3 is 2.43 bits per heavy atom. The summed E-state index contributed by atoms with van der Waals surface area (Å²) < 4.78 is 26.3.